The summed E-state index contributed by atoms with van der Waals surface area (Å²) in [5.41, 5.74) is -0.485. The molecule has 1 aromatic heterocycles. The number of terminal acetylenes is 1. The lowest BCUT2D eigenvalue weighted by Gasteiger charge is -2.26. The smallest absolute Gasteiger partial charge is 0.292 e. The van der Waals surface area contributed by atoms with E-state index < -0.39 is 5.54 Å². The van der Waals surface area contributed by atoms with Gasteiger partial charge in [0.05, 0.1) is 23.4 Å². The summed E-state index contributed by atoms with van der Waals surface area (Å²) in [5.74, 6) is 2.36. The van der Waals surface area contributed by atoms with Crippen LogP contribution in [0.2, 0.25) is 5.02 Å². The number of hydrogen-bond acceptors (Lipinski definition) is 4. The standard InChI is InChI=1S/C12H16ClN3O2/c1-5-6-16-11(17)10(9(13)7-14-16)15-12(2,3)8-18-4/h1,7,15H,6,8H2,2-4H3. The van der Waals surface area contributed by atoms with Crippen LogP contribution in [0.5, 0.6) is 0 Å². The van der Waals surface area contributed by atoms with Gasteiger partial charge in [0, 0.05) is 7.11 Å². The Hall–Kier alpha value is -1.51. The molecular weight excluding hydrogens is 254 g/mol. The second-order valence-corrected chi connectivity index (χ2v) is 4.88. The first-order chi connectivity index (χ1) is 8.41. The number of hydrogen-bond donors (Lipinski definition) is 1. The highest BCUT2D eigenvalue weighted by Crippen LogP contribution is 2.19. The van der Waals surface area contributed by atoms with Gasteiger partial charge in [-0.1, -0.05) is 17.5 Å². The van der Waals surface area contributed by atoms with Crippen LogP contribution in [0.25, 0.3) is 0 Å². The minimum atomic E-state index is -0.424. The van der Waals surface area contributed by atoms with Gasteiger partial charge in [-0.2, -0.15) is 5.10 Å². The van der Waals surface area contributed by atoms with Crippen molar-refractivity contribution < 1.29 is 4.74 Å². The zero-order valence-electron chi connectivity index (χ0n) is 10.7. The number of nitrogens with one attached hydrogen (secondary N) is 1. The first-order valence-electron chi connectivity index (χ1n) is 5.37. The number of aromatic nitrogens is 2. The van der Waals surface area contributed by atoms with Crippen molar-refractivity contribution in [3.05, 3.63) is 21.6 Å². The van der Waals surface area contributed by atoms with Gasteiger partial charge in [0.25, 0.3) is 5.56 Å². The molecule has 0 amide bonds. The number of halogens is 1. The molecule has 5 nitrogen and oxygen atoms in total. The van der Waals surface area contributed by atoms with Crippen molar-refractivity contribution in [2.75, 3.05) is 19.0 Å². The molecule has 0 aliphatic carbocycles. The molecule has 0 saturated carbocycles. The van der Waals surface area contributed by atoms with Crippen molar-refractivity contribution in [1.82, 2.24) is 9.78 Å². The van der Waals surface area contributed by atoms with Gasteiger partial charge in [-0.05, 0) is 13.8 Å². The van der Waals surface area contributed by atoms with Crippen LogP contribution in [0.1, 0.15) is 13.8 Å². The molecule has 0 saturated heterocycles. The normalized spacial score (nSPS) is 11.1. The Bertz CT molecular complexity index is 517. The molecule has 0 radical (unpaired) electrons. The van der Waals surface area contributed by atoms with Gasteiger partial charge in [-0.25, -0.2) is 4.68 Å². The van der Waals surface area contributed by atoms with Crippen LogP contribution in [0.15, 0.2) is 11.0 Å². The Morgan fingerprint density at radius 2 is 2.33 bits per heavy atom. The second-order valence-electron chi connectivity index (χ2n) is 4.48. The summed E-state index contributed by atoms with van der Waals surface area (Å²) in [5, 5.41) is 7.18. The maximum atomic E-state index is 12.1. The van der Waals surface area contributed by atoms with Crippen LogP contribution in [0.3, 0.4) is 0 Å². The van der Waals surface area contributed by atoms with E-state index in [0.717, 1.165) is 0 Å². The van der Waals surface area contributed by atoms with E-state index in [2.05, 4.69) is 16.3 Å². The summed E-state index contributed by atoms with van der Waals surface area (Å²) in [4.78, 5) is 12.1. The van der Waals surface area contributed by atoms with Gasteiger partial charge < -0.3 is 10.1 Å². The van der Waals surface area contributed by atoms with Crippen LogP contribution >= 0.6 is 11.6 Å². The van der Waals surface area contributed by atoms with E-state index in [9.17, 15) is 4.79 Å². The third kappa shape index (κ3) is 3.49. The molecule has 1 N–H and O–H groups in total. The van der Waals surface area contributed by atoms with E-state index in [0.29, 0.717) is 6.61 Å². The Morgan fingerprint density at radius 1 is 1.67 bits per heavy atom. The number of rotatable bonds is 5. The van der Waals surface area contributed by atoms with E-state index in [1.807, 2.05) is 13.8 Å². The first-order valence-corrected chi connectivity index (χ1v) is 5.75. The molecule has 0 unspecified atom stereocenters. The zero-order valence-corrected chi connectivity index (χ0v) is 11.4. The van der Waals surface area contributed by atoms with Crippen molar-refractivity contribution in [3.8, 4) is 12.3 Å². The fourth-order valence-electron chi connectivity index (χ4n) is 1.52. The lowest BCUT2D eigenvalue weighted by Crippen LogP contribution is -2.39. The van der Waals surface area contributed by atoms with Crippen molar-refractivity contribution >= 4 is 17.3 Å². The molecule has 98 valence electrons. The van der Waals surface area contributed by atoms with Gasteiger partial charge in [0.2, 0.25) is 0 Å². The van der Waals surface area contributed by atoms with Crippen molar-refractivity contribution in [3.63, 3.8) is 0 Å². The summed E-state index contributed by atoms with van der Waals surface area (Å²) in [7, 11) is 1.59. The van der Waals surface area contributed by atoms with Crippen molar-refractivity contribution in [2.45, 2.75) is 25.9 Å². The number of nitrogens with zero attached hydrogens (tertiary/aromatic N) is 2. The third-order valence-electron chi connectivity index (χ3n) is 2.21. The van der Waals surface area contributed by atoms with Crippen LogP contribution in [0.4, 0.5) is 5.69 Å². The highest BCUT2D eigenvalue weighted by atomic mass is 35.5. The molecule has 0 aliphatic heterocycles. The molecule has 0 aliphatic rings. The largest absolute Gasteiger partial charge is 0.382 e. The third-order valence-corrected chi connectivity index (χ3v) is 2.49. The molecule has 1 rings (SSSR count). The molecule has 0 spiro atoms. The Balaban J connectivity index is 3.13. The Morgan fingerprint density at radius 3 is 2.89 bits per heavy atom. The van der Waals surface area contributed by atoms with Crippen LogP contribution in [-0.2, 0) is 11.3 Å². The average Bonchev–Trinajstić information content (AvgIpc) is 2.28. The molecule has 6 heteroatoms. The van der Waals surface area contributed by atoms with Crippen LogP contribution in [-0.4, -0.2) is 29.0 Å². The van der Waals surface area contributed by atoms with Gasteiger partial charge in [-0.15, -0.1) is 6.42 Å². The number of ether oxygens (including phenoxy) is 1. The lowest BCUT2D eigenvalue weighted by molar-refractivity contribution is 0.158. The minimum Gasteiger partial charge on any atom is -0.382 e. The van der Waals surface area contributed by atoms with E-state index >= 15 is 0 Å². The van der Waals surface area contributed by atoms with Gasteiger partial charge in [0.15, 0.2) is 0 Å². The van der Waals surface area contributed by atoms with E-state index in [1.165, 1.54) is 10.9 Å². The molecule has 0 aromatic carbocycles. The molecule has 18 heavy (non-hydrogen) atoms. The summed E-state index contributed by atoms with van der Waals surface area (Å²) >= 11 is 5.98. The SMILES string of the molecule is C#CCn1ncc(Cl)c(NC(C)(C)COC)c1=O. The molecule has 0 atom stereocenters. The minimum absolute atomic E-state index is 0.107. The second kappa shape index (κ2) is 5.89. The zero-order chi connectivity index (χ0) is 13.8. The Labute approximate surface area is 111 Å². The summed E-state index contributed by atoms with van der Waals surface area (Å²) in [6.45, 7) is 4.34. The highest BCUT2D eigenvalue weighted by Gasteiger charge is 2.21. The molecule has 1 aromatic rings. The summed E-state index contributed by atoms with van der Waals surface area (Å²) < 4.78 is 6.25. The fraction of sp³-hybridized carbons (Fsp3) is 0.500. The topological polar surface area (TPSA) is 56.1 Å². The molecule has 0 fully saturated rings. The van der Waals surface area contributed by atoms with Crippen molar-refractivity contribution in [2.24, 2.45) is 0 Å². The quantitative estimate of drug-likeness (QED) is 0.821. The number of anilines is 1. The first kappa shape index (κ1) is 14.6. The highest BCUT2D eigenvalue weighted by molar-refractivity contribution is 6.33. The van der Waals surface area contributed by atoms with Gasteiger partial charge in [0.1, 0.15) is 12.2 Å². The lowest BCUT2D eigenvalue weighted by atomic mass is 10.1. The predicted molar refractivity (Wildman–Crippen MR) is 71.9 cm³/mol. The molecular formula is C12H16ClN3O2. The Kier molecular flexibility index (Phi) is 4.76. The summed E-state index contributed by atoms with van der Waals surface area (Å²) in [6.07, 6.45) is 6.56. The predicted octanol–water partition coefficient (Wildman–Crippen LogP) is 1.37. The fourth-order valence-corrected chi connectivity index (χ4v) is 1.69. The van der Waals surface area contributed by atoms with Crippen molar-refractivity contribution in [1.29, 1.82) is 0 Å². The van der Waals surface area contributed by atoms with Crippen LogP contribution in [0, 0.1) is 12.3 Å². The molecule has 1 heterocycles. The van der Waals surface area contributed by atoms with E-state index in [1.54, 1.807) is 7.11 Å². The van der Waals surface area contributed by atoms with E-state index in [-0.39, 0.29) is 22.8 Å². The maximum absolute atomic E-state index is 12.1. The van der Waals surface area contributed by atoms with Gasteiger partial charge in [-0.3, -0.25) is 4.79 Å². The van der Waals surface area contributed by atoms with Crippen LogP contribution < -0.4 is 10.9 Å². The molecule has 0 bridgehead atoms. The average molecular weight is 270 g/mol. The monoisotopic (exact) mass is 269 g/mol. The maximum Gasteiger partial charge on any atom is 0.292 e. The summed E-state index contributed by atoms with van der Waals surface area (Å²) in [6, 6.07) is 0. The number of methoxy groups -OCH3 is 1. The van der Waals surface area contributed by atoms with Gasteiger partial charge >= 0.3 is 0 Å². The van der Waals surface area contributed by atoms with E-state index in [4.69, 9.17) is 22.8 Å².